The Balaban J connectivity index is 1.64. The zero-order chi connectivity index (χ0) is 18.7. The maximum Gasteiger partial charge on any atom is 0.332 e. The normalized spacial score (nSPS) is 16.7. The molecule has 0 bridgehead atoms. The molecule has 6 heteroatoms. The van der Waals surface area contributed by atoms with Crippen LogP contribution in [-0.4, -0.2) is 36.0 Å². The molecule has 0 N–H and O–H groups in total. The topological polar surface area (TPSA) is 73.6 Å². The first kappa shape index (κ1) is 17.5. The molecule has 2 aromatic carbocycles. The first-order valence-electron chi connectivity index (χ1n) is 8.35. The number of rotatable bonds is 5. The Bertz CT molecular complexity index is 853. The third-order valence-electron chi connectivity index (χ3n) is 4.33. The number of anilines is 1. The zero-order valence-electron chi connectivity index (χ0n) is 14.7. The molecule has 3 amide bonds. The molecular formula is C20H19N3O3. The van der Waals surface area contributed by atoms with Crippen LogP contribution >= 0.6 is 0 Å². The lowest BCUT2D eigenvalue weighted by Crippen LogP contribution is -2.36. The SMILES string of the molecule is Cc1ccc(N2C(=O)N(CCOc3ccc(C#N)cc3)C(=O)[C@H]2C)cc1. The number of imide groups is 1. The number of nitriles is 1. The highest BCUT2D eigenvalue weighted by atomic mass is 16.5. The van der Waals surface area contributed by atoms with Gasteiger partial charge in [0.2, 0.25) is 0 Å². The van der Waals surface area contributed by atoms with Crippen LogP contribution in [0.2, 0.25) is 0 Å². The average molecular weight is 349 g/mol. The molecule has 2 aromatic rings. The molecule has 0 unspecified atom stereocenters. The number of hydrogen-bond donors (Lipinski definition) is 0. The number of carbonyl (C=O) groups is 2. The summed E-state index contributed by atoms with van der Waals surface area (Å²) in [4.78, 5) is 27.9. The van der Waals surface area contributed by atoms with E-state index in [4.69, 9.17) is 10.00 Å². The molecule has 1 aliphatic rings. The van der Waals surface area contributed by atoms with Gasteiger partial charge in [-0.1, -0.05) is 17.7 Å². The maximum atomic E-state index is 12.7. The number of amides is 3. The number of hydrogen-bond acceptors (Lipinski definition) is 4. The van der Waals surface area contributed by atoms with Crippen molar-refractivity contribution in [2.45, 2.75) is 19.9 Å². The molecule has 1 atom stereocenters. The summed E-state index contributed by atoms with van der Waals surface area (Å²) in [6, 6.07) is 15.4. The van der Waals surface area contributed by atoms with Gasteiger partial charge >= 0.3 is 6.03 Å². The van der Waals surface area contributed by atoms with Gasteiger partial charge in [-0.2, -0.15) is 5.26 Å². The molecule has 6 nitrogen and oxygen atoms in total. The Morgan fingerprint density at radius 2 is 1.73 bits per heavy atom. The van der Waals surface area contributed by atoms with Crippen molar-refractivity contribution in [3.8, 4) is 11.8 Å². The van der Waals surface area contributed by atoms with Crippen molar-refractivity contribution in [2.75, 3.05) is 18.1 Å². The van der Waals surface area contributed by atoms with Crippen molar-refractivity contribution in [1.29, 1.82) is 5.26 Å². The summed E-state index contributed by atoms with van der Waals surface area (Å²) in [7, 11) is 0. The second kappa shape index (κ2) is 7.28. The molecule has 1 fully saturated rings. The number of nitrogens with zero attached hydrogens (tertiary/aromatic N) is 3. The molecule has 1 saturated heterocycles. The fourth-order valence-corrected chi connectivity index (χ4v) is 2.85. The lowest BCUT2D eigenvalue weighted by Gasteiger charge is -2.19. The van der Waals surface area contributed by atoms with E-state index in [2.05, 4.69) is 0 Å². The summed E-state index contributed by atoms with van der Waals surface area (Å²) in [6.07, 6.45) is 0. The summed E-state index contributed by atoms with van der Waals surface area (Å²) in [6.45, 7) is 4.06. The third kappa shape index (κ3) is 3.38. The van der Waals surface area contributed by atoms with E-state index in [9.17, 15) is 9.59 Å². The molecule has 3 rings (SSSR count). The van der Waals surface area contributed by atoms with Crippen molar-refractivity contribution in [1.82, 2.24) is 4.90 Å². The number of ether oxygens (including phenoxy) is 1. The molecule has 0 saturated carbocycles. The van der Waals surface area contributed by atoms with Gasteiger partial charge < -0.3 is 4.74 Å². The smallest absolute Gasteiger partial charge is 0.332 e. The summed E-state index contributed by atoms with van der Waals surface area (Å²) >= 11 is 0. The van der Waals surface area contributed by atoms with Gasteiger partial charge in [0.1, 0.15) is 18.4 Å². The average Bonchev–Trinajstić information content (AvgIpc) is 2.86. The van der Waals surface area contributed by atoms with E-state index in [1.54, 1.807) is 31.2 Å². The Kier molecular flexibility index (Phi) is 4.90. The van der Waals surface area contributed by atoms with Gasteiger partial charge in [0.25, 0.3) is 5.91 Å². The lowest BCUT2D eigenvalue weighted by molar-refractivity contribution is -0.127. The fraction of sp³-hybridized carbons (Fsp3) is 0.250. The Hall–Kier alpha value is -3.33. The van der Waals surface area contributed by atoms with Crippen LogP contribution in [0.1, 0.15) is 18.1 Å². The predicted octanol–water partition coefficient (Wildman–Crippen LogP) is 3.10. The highest BCUT2D eigenvalue weighted by molar-refractivity contribution is 6.14. The van der Waals surface area contributed by atoms with Crippen LogP contribution in [0.25, 0.3) is 0 Å². The van der Waals surface area contributed by atoms with Gasteiger partial charge in [-0.05, 0) is 50.2 Å². The molecule has 26 heavy (non-hydrogen) atoms. The fourth-order valence-electron chi connectivity index (χ4n) is 2.85. The molecular weight excluding hydrogens is 330 g/mol. The van der Waals surface area contributed by atoms with E-state index in [1.807, 2.05) is 37.3 Å². The number of carbonyl (C=O) groups excluding carboxylic acids is 2. The number of urea groups is 1. The van der Waals surface area contributed by atoms with Crippen LogP contribution < -0.4 is 9.64 Å². The van der Waals surface area contributed by atoms with Crippen molar-refractivity contribution >= 4 is 17.6 Å². The van der Waals surface area contributed by atoms with Crippen LogP contribution in [0.15, 0.2) is 48.5 Å². The van der Waals surface area contributed by atoms with E-state index >= 15 is 0 Å². The Morgan fingerprint density at radius 3 is 2.35 bits per heavy atom. The summed E-state index contributed by atoms with van der Waals surface area (Å²) in [5.41, 5.74) is 2.34. The first-order chi connectivity index (χ1) is 12.5. The third-order valence-corrected chi connectivity index (χ3v) is 4.33. The van der Waals surface area contributed by atoms with Crippen molar-refractivity contribution in [2.24, 2.45) is 0 Å². The summed E-state index contributed by atoms with van der Waals surface area (Å²) < 4.78 is 5.58. The molecule has 1 aliphatic heterocycles. The number of benzene rings is 2. The second-order valence-electron chi connectivity index (χ2n) is 6.14. The van der Waals surface area contributed by atoms with Crippen LogP contribution in [0.4, 0.5) is 10.5 Å². The second-order valence-corrected chi connectivity index (χ2v) is 6.14. The van der Waals surface area contributed by atoms with Crippen LogP contribution in [0, 0.1) is 18.3 Å². The first-order valence-corrected chi connectivity index (χ1v) is 8.35. The van der Waals surface area contributed by atoms with Crippen molar-refractivity contribution in [3.05, 3.63) is 59.7 Å². The van der Waals surface area contributed by atoms with E-state index in [0.29, 0.717) is 17.0 Å². The van der Waals surface area contributed by atoms with E-state index in [0.717, 1.165) is 5.56 Å². The molecule has 132 valence electrons. The zero-order valence-corrected chi connectivity index (χ0v) is 14.7. The molecule has 0 aromatic heterocycles. The summed E-state index contributed by atoms with van der Waals surface area (Å²) in [5.74, 6) is 0.352. The monoisotopic (exact) mass is 349 g/mol. The predicted molar refractivity (Wildman–Crippen MR) is 96.9 cm³/mol. The van der Waals surface area contributed by atoms with Gasteiger partial charge in [0, 0.05) is 5.69 Å². The van der Waals surface area contributed by atoms with E-state index < -0.39 is 6.04 Å². The lowest BCUT2D eigenvalue weighted by atomic mass is 10.2. The van der Waals surface area contributed by atoms with Gasteiger partial charge in [0.05, 0.1) is 18.2 Å². The molecule has 1 heterocycles. The van der Waals surface area contributed by atoms with E-state index in [-0.39, 0.29) is 25.1 Å². The van der Waals surface area contributed by atoms with Gasteiger partial charge in [-0.3, -0.25) is 14.6 Å². The van der Waals surface area contributed by atoms with E-state index in [1.165, 1.54) is 9.80 Å². The highest BCUT2D eigenvalue weighted by Crippen LogP contribution is 2.26. The van der Waals surface area contributed by atoms with Gasteiger partial charge in [-0.25, -0.2) is 4.79 Å². The number of aryl methyl sites for hydroxylation is 1. The molecule has 0 aliphatic carbocycles. The minimum absolute atomic E-state index is 0.171. The van der Waals surface area contributed by atoms with Crippen LogP contribution in [0.3, 0.4) is 0 Å². The highest BCUT2D eigenvalue weighted by Gasteiger charge is 2.43. The largest absolute Gasteiger partial charge is 0.492 e. The van der Waals surface area contributed by atoms with Crippen LogP contribution in [0.5, 0.6) is 5.75 Å². The maximum absolute atomic E-state index is 12.7. The molecule has 0 spiro atoms. The standard InChI is InChI=1S/C20H19N3O3/c1-14-3-7-17(8-4-14)23-15(2)19(24)22(20(23)25)11-12-26-18-9-5-16(13-21)6-10-18/h3-10,15H,11-12H2,1-2H3/t15-/m1/s1. The van der Waals surface area contributed by atoms with Crippen molar-refractivity contribution < 1.29 is 14.3 Å². The molecule has 0 radical (unpaired) electrons. The van der Waals surface area contributed by atoms with Gasteiger partial charge in [0.15, 0.2) is 0 Å². The minimum atomic E-state index is -0.542. The quantitative estimate of drug-likeness (QED) is 0.778. The Labute approximate surface area is 152 Å². The van der Waals surface area contributed by atoms with Gasteiger partial charge in [-0.15, -0.1) is 0 Å². The van der Waals surface area contributed by atoms with Crippen molar-refractivity contribution in [3.63, 3.8) is 0 Å². The minimum Gasteiger partial charge on any atom is -0.492 e. The summed E-state index contributed by atoms with van der Waals surface area (Å²) in [5, 5.41) is 8.79. The van der Waals surface area contributed by atoms with Crippen LogP contribution in [-0.2, 0) is 4.79 Å². The Morgan fingerprint density at radius 1 is 1.08 bits per heavy atom.